The molecule has 2 aromatic carbocycles. The molecule has 1 aliphatic carbocycles. The monoisotopic (exact) mass is 386 g/mol. The van der Waals surface area contributed by atoms with Crippen LogP contribution in [0.2, 0.25) is 0 Å². The van der Waals surface area contributed by atoms with E-state index in [4.69, 9.17) is 0 Å². The summed E-state index contributed by atoms with van der Waals surface area (Å²) in [5.74, 6) is -0.315. The molecule has 0 spiro atoms. The second-order valence-corrected chi connectivity index (χ2v) is 7.71. The van der Waals surface area contributed by atoms with E-state index in [0.29, 0.717) is 0 Å². The second kappa shape index (κ2) is 9.55. The Balaban J connectivity index is 1.46. The summed E-state index contributed by atoms with van der Waals surface area (Å²) in [6.07, 6.45) is 5.42. The summed E-state index contributed by atoms with van der Waals surface area (Å²) in [5.41, 5.74) is 0.953. The Hall–Kier alpha value is -2.34. The minimum atomic E-state index is -0.450. The van der Waals surface area contributed by atoms with Gasteiger partial charge in [-0.05, 0) is 49.2 Å². The number of para-hydroxylation sites is 1. The molecule has 1 fully saturated rings. The fraction of sp³-hybridized carbons (Fsp3) is 0.333. The molecule has 0 heterocycles. The molecule has 2 N–H and O–H groups in total. The van der Waals surface area contributed by atoms with Crippen molar-refractivity contribution >= 4 is 35.0 Å². The molecule has 0 saturated heterocycles. The topological polar surface area (TPSA) is 58.2 Å². The van der Waals surface area contributed by atoms with E-state index in [1.54, 1.807) is 12.1 Å². The molecule has 2 amide bonds. The first-order chi connectivity index (χ1) is 13.1. The fourth-order valence-electron chi connectivity index (χ4n) is 3.14. The molecule has 1 saturated carbocycles. The first-order valence-electron chi connectivity index (χ1n) is 9.20. The Morgan fingerprint density at radius 2 is 1.67 bits per heavy atom. The van der Waals surface area contributed by atoms with Crippen LogP contribution < -0.4 is 10.6 Å². The first-order valence-corrected chi connectivity index (χ1v) is 10.2. The molecular formula is C21H23FN2O2S. The molecule has 142 valence electrons. The van der Waals surface area contributed by atoms with Crippen molar-refractivity contribution < 1.29 is 14.0 Å². The van der Waals surface area contributed by atoms with Gasteiger partial charge in [0.05, 0.1) is 11.4 Å². The van der Waals surface area contributed by atoms with Gasteiger partial charge in [0.2, 0.25) is 11.8 Å². The van der Waals surface area contributed by atoms with Crippen LogP contribution in [-0.4, -0.2) is 17.6 Å². The molecule has 0 aliphatic heterocycles. The largest absolute Gasteiger partial charge is 0.326 e. The number of carbonyl (C=O) groups is 2. The van der Waals surface area contributed by atoms with E-state index in [2.05, 4.69) is 10.6 Å². The van der Waals surface area contributed by atoms with Gasteiger partial charge in [-0.2, -0.15) is 0 Å². The van der Waals surface area contributed by atoms with E-state index in [-0.39, 0.29) is 29.2 Å². The number of hydrogen-bond donors (Lipinski definition) is 2. The van der Waals surface area contributed by atoms with Crippen LogP contribution in [0.3, 0.4) is 0 Å². The Morgan fingerprint density at radius 3 is 2.37 bits per heavy atom. The quantitative estimate of drug-likeness (QED) is 0.681. The average molecular weight is 386 g/mol. The van der Waals surface area contributed by atoms with Crippen molar-refractivity contribution in [3.63, 3.8) is 0 Å². The lowest BCUT2D eigenvalue weighted by atomic mass is 9.88. The molecule has 3 rings (SSSR count). The summed E-state index contributed by atoms with van der Waals surface area (Å²) in [7, 11) is 0. The van der Waals surface area contributed by atoms with Crippen molar-refractivity contribution in [1.82, 2.24) is 0 Å². The first kappa shape index (κ1) is 19.4. The highest BCUT2D eigenvalue weighted by atomic mass is 32.2. The minimum Gasteiger partial charge on any atom is -0.326 e. The Bertz CT molecular complexity index is 789. The average Bonchev–Trinajstić information content (AvgIpc) is 2.70. The summed E-state index contributed by atoms with van der Waals surface area (Å²) < 4.78 is 13.5. The zero-order chi connectivity index (χ0) is 19.1. The maximum absolute atomic E-state index is 13.5. The third kappa shape index (κ3) is 5.82. The normalized spacial score (nSPS) is 14.6. The number of thioether (sulfide) groups is 1. The zero-order valence-corrected chi connectivity index (χ0v) is 15.9. The van der Waals surface area contributed by atoms with Gasteiger partial charge < -0.3 is 10.6 Å². The smallest absolute Gasteiger partial charge is 0.234 e. The number of halogens is 1. The molecule has 27 heavy (non-hydrogen) atoms. The van der Waals surface area contributed by atoms with Crippen LogP contribution >= 0.6 is 11.8 Å². The standard InChI is InChI=1S/C21H23FN2O2S/c22-18-8-4-5-9-19(18)24-20(25)14-27-17-12-10-16(11-13-17)23-21(26)15-6-2-1-3-7-15/h4-5,8-13,15H,1-3,6-7,14H2,(H,23,26)(H,24,25). The highest BCUT2D eigenvalue weighted by Gasteiger charge is 2.20. The van der Waals surface area contributed by atoms with Gasteiger partial charge in [-0.1, -0.05) is 31.4 Å². The third-order valence-corrected chi connectivity index (χ3v) is 5.63. The van der Waals surface area contributed by atoms with Crippen molar-refractivity contribution in [2.45, 2.75) is 37.0 Å². The molecule has 2 aromatic rings. The Morgan fingerprint density at radius 1 is 0.963 bits per heavy atom. The maximum atomic E-state index is 13.5. The van der Waals surface area contributed by atoms with Gasteiger partial charge in [-0.15, -0.1) is 11.8 Å². The lowest BCUT2D eigenvalue weighted by Gasteiger charge is -2.20. The molecule has 4 nitrogen and oxygen atoms in total. The summed E-state index contributed by atoms with van der Waals surface area (Å²) in [5, 5.41) is 5.54. The van der Waals surface area contributed by atoms with E-state index in [1.807, 2.05) is 24.3 Å². The number of nitrogens with one attached hydrogen (secondary N) is 2. The van der Waals surface area contributed by atoms with Crippen molar-refractivity contribution in [2.24, 2.45) is 5.92 Å². The second-order valence-electron chi connectivity index (χ2n) is 6.67. The number of carbonyl (C=O) groups excluding carboxylic acids is 2. The molecular weight excluding hydrogens is 363 g/mol. The number of hydrogen-bond acceptors (Lipinski definition) is 3. The predicted octanol–water partition coefficient (Wildman–Crippen LogP) is 5.08. The maximum Gasteiger partial charge on any atom is 0.234 e. The van der Waals surface area contributed by atoms with Crippen LogP contribution in [0.5, 0.6) is 0 Å². The number of rotatable bonds is 6. The van der Waals surface area contributed by atoms with E-state index < -0.39 is 5.82 Å². The lowest BCUT2D eigenvalue weighted by Crippen LogP contribution is -2.24. The summed E-state index contributed by atoms with van der Waals surface area (Å²) in [6, 6.07) is 13.5. The molecule has 0 bridgehead atoms. The molecule has 0 radical (unpaired) electrons. The van der Waals surface area contributed by atoms with Crippen LogP contribution in [0.15, 0.2) is 53.4 Å². The molecule has 1 aliphatic rings. The molecule has 6 heteroatoms. The number of benzene rings is 2. The van der Waals surface area contributed by atoms with E-state index in [9.17, 15) is 14.0 Å². The van der Waals surface area contributed by atoms with Gasteiger partial charge in [-0.3, -0.25) is 9.59 Å². The van der Waals surface area contributed by atoms with Crippen LogP contribution in [0.4, 0.5) is 15.8 Å². The molecule has 0 atom stereocenters. The highest BCUT2D eigenvalue weighted by Crippen LogP contribution is 2.26. The van der Waals surface area contributed by atoms with Gasteiger partial charge in [0.25, 0.3) is 0 Å². The summed E-state index contributed by atoms with van der Waals surface area (Å²) in [4.78, 5) is 25.1. The van der Waals surface area contributed by atoms with E-state index in [0.717, 1.165) is 36.3 Å². The van der Waals surface area contributed by atoms with E-state index >= 15 is 0 Å². The van der Waals surface area contributed by atoms with E-state index in [1.165, 1.54) is 30.3 Å². The molecule has 0 unspecified atom stereocenters. The number of anilines is 2. The van der Waals surface area contributed by atoms with Gasteiger partial charge in [0.15, 0.2) is 0 Å². The van der Waals surface area contributed by atoms with Gasteiger partial charge in [0, 0.05) is 16.5 Å². The van der Waals surface area contributed by atoms with Crippen LogP contribution in [-0.2, 0) is 9.59 Å². The Labute approximate surface area is 162 Å². The van der Waals surface area contributed by atoms with Crippen molar-refractivity contribution in [3.05, 3.63) is 54.3 Å². The van der Waals surface area contributed by atoms with Crippen molar-refractivity contribution in [2.75, 3.05) is 16.4 Å². The predicted molar refractivity (Wildman–Crippen MR) is 107 cm³/mol. The SMILES string of the molecule is O=C(CSc1ccc(NC(=O)C2CCCCC2)cc1)Nc1ccccc1F. The van der Waals surface area contributed by atoms with Crippen LogP contribution in [0.1, 0.15) is 32.1 Å². The van der Waals surface area contributed by atoms with Crippen molar-refractivity contribution in [1.29, 1.82) is 0 Å². The van der Waals surface area contributed by atoms with Crippen LogP contribution in [0, 0.1) is 11.7 Å². The third-order valence-electron chi connectivity index (χ3n) is 4.62. The van der Waals surface area contributed by atoms with Crippen molar-refractivity contribution in [3.8, 4) is 0 Å². The van der Waals surface area contributed by atoms with Gasteiger partial charge in [0.1, 0.15) is 5.82 Å². The number of amides is 2. The molecule has 0 aromatic heterocycles. The summed E-state index contributed by atoms with van der Waals surface area (Å²) >= 11 is 1.36. The lowest BCUT2D eigenvalue weighted by molar-refractivity contribution is -0.120. The fourth-order valence-corrected chi connectivity index (χ4v) is 3.84. The van der Waals surface area contributed by atoms with Gasteiger partial charge >= 0.3 is 0 Å². The highest BCUT2D eigenvalue weighted by molar-refractivity contribution is 8.00. The Kier molecular flexibility index (Phi) is 6.87. The minimum absolute atomic E-state index is 0.0966. The van der Waals surface area contributed by atoms with Gasteiger partial charge in [-0.25, -0.2) is 4.39 Å². The van der Waals surface area contributed by atoms with Crippen LogP contribution in [0.25, 0.3) is 0 Å². The zero-order valence-electron chi connectivity index (χ0n) is 15.0. The summed E-state index contributed by atoms with van der Waals surface area (Å²) in [6.45, 7) is 0.